The summed E-state index contributed by atoms with van der Waals surface area (Å²) in [5.41, 5.74) is 5.04. The molecule has 1 aliphatic carbocycles. The van der Waals surface area contributed by atoms with Gasteiger partial charge in [0, 0.05) is 6.07 Å². The second kappa shape index (κ2) is 7.23. The average Bonchev–Trinajstić information content (AvgIpc) is 2.96. The minimum absolute atomic E-state index is 0.0178. The largest absolute Gasteiger partial charge is 0.489 e. The lowest BCUT2D eigenvalue weighted by Crippen LogP contribution is -2.44. The van der Waals surface area contributed by atoms with Crippen molar-refractivity contribution in [2.24, 2.45) is 5.73 Å². The monoisotopic (exact) mass is 357 g/mol. The maximum atomic E-state index is 14.3. The lowest BCUT2D eigenvalue weighted by Gasteiger charge is -2.23. The summed E-state index contributed by atoms with van der Waals surface area (Å²) in [7, 11) is 0. The van der Waals surface area contributed by atoms with Gasteiger partial charge in [0.1, 0.15) is 11.6 Å². The van der Waals surface area contributed by atoms with Gasteiger partial charge >= 0.3 is 0 Å². The Hall–Kier alpha value is -1.73. The van der Waals surface area contributed by atoms with Crippen LogP contribution in [0.1, 0.15) is 32.6 Å². The van der Waals surface area contributed by atoms with Gasteiger partial charge in [-0.2, -0.15) is 0 Å². The molecular formula is C15H17ClFN3O2S. The predicted octanol–water partition coefficient (Wildman–Crippen LogP) is 3.42. The fraction of sp³-hybridized carbons (Fsp3) is 0.400. The second-order valence-corrected chi connectivity index (χ2v) is 6.19. The van der Waals surface area contributed by atoms with Crippen molar-refractivity contribution >= 4 is 46.2 Å². The summed E-state index contributed by atoms with van der Waals surface area (Å²) >= 11 is 10.9. The molecule has 0 aromatic heterocycles. The van der Waals surface area contributed by atoms with Crippen LogP contribution in [-0.2, 0) is 4.79 Å². The van der Waals surface area contributed by atoms with E-state index in [1.165, 1.54) is 13.0 Å². The Morgan fingerprint density at radius 1 is 1.48 bits per heavy atom. The molecule has 0 unspecified atom stereocenters. The van der Waals surface area contributed by atoms with Gasteiger partial charge in [-0.05, 0) is 50.9 Å². The fourth-order valence-corrected chi connectivity index (χ4v) is 2.84. The van der Waals surface area contributed by atoms with E-state index in [-0.39, 0.29) is 33.4 Å². The van der Waals surface area contributed by atoms with E-state index in [0.717, 1.165) is 36.6 Å². The number of carbonyl (C=O) groups excluding carboxylic acids is 1. The third-order valence-corrected chi connectivity index (χ3v) is 4.06. The number of amides is 1. The first kappa shape index (κ1) is 17.6. The number of thiocarbonyl (C=S) groups is 1. The summed E-state index contributed by atoms with van der Waals surface area (Å²) in [6, 6.07) is 2.36. The molecule has 124 valence electrons. The van der Waals surface area contributed by atoms with Crippen LogP contribution in [0.3, 0.4) is 0 Å². The Morgan fingerprint density at radius 2 is 2.09 bits per heavy atom. The number of nitrogens with zero attached hydrogens (tertiary/aromatic N) is 1. The summed E-state index contributed by atoms with van der Waals surface area (Å²) in [4.78, 5) is 12.8. The third-order valence-electron chi connectivity index (χ3n) is 3.58. The molecule has 0 aliphatic heterocycles. The molecule has 1 aromatic carbocycles. The molecule has 1 saturated carbocycles. The zero-order valence-electron chi connectivity index (χ0n) is 12.6. The number of ether oxygens (including phenoxy) is 1. The third kappa shape index (κ3) is 3.97. The van der Waals surface area contributed by atoms with Crippen LogP contribution < -0.4 is 15.4 Å². The van der Waals surface area contributed by atoms with Gasteiger partial charge in [-0.3, -0.25) is 10.2 Å². The number of benzene rings is 1. The van der Waals surface area contributed by atoms with Gasteiger partial charge in [-0.1, -0.05) is 11.6 Å². The van der Waals surface area contributed by atoms with Gasteiger partial charge in [0.15, 0.2) is 5.11 Å². The molecule has 3 N–H and O–H groups in total. The van der Waals surface area contributed by atoms with Crippen molar-refractivity contribution in [3.8, 4) is 5.75 Å². The lowest BCUT2D eigenvalue weighted by atomic mass is 10.2. The van der Waals surface area contributed by atoms with Crippen molar-refractivity contribution in [2.75, 3.05) is 4.90 Å². The van der Waals surface area contributed by atoms with Gasteiger partial charge < -0.3 is 10.5 Å². The Morgan fingerprint density at radius 3 is 2.61 bits per heavy atom. The predicted molar refractivity (Wildman–Crippen MR) is 92.0 cm³/mol. The van der Waals surface area contributed by atoms with Crippen molar-refractivity contribution in [1.82, 2.24) is 0 Å². The number of nitrogens with one attached hydrogen (secondary N) is 1. The number of hydrogen-bond donors (Lipinski definition) is 2. The Labute approximate surface area is 144 Å². The zero-order chi connectivity index (χ0) is 17.1. The molecule has 0 bridgehead atoms. The van der Waals surface area contributed by atoms with Gasteiger partial charge in [0.25, 0.3) is 5.91 Å². The van der Waals surface area contributed by atoms with Gasteiger partial charge in [0.2, 0.25) is 0 Å². The molecule has 0 radical (unpaired) electrons. The molecule has 1 aromatic rings. The number of anilines is 1. The minimum atomic E-state index is -0.800. The molecule has 1 aliphatic rings. The Kier molecular flexibility index (Phi) is 5.54. The number of carbonyl (C=O) groups is 1. The number of rotatable bonds is 4. The molecule has 0 saturated heterocycles. The summed E-state index contributed by atoms with van der Waals surface area (Å²) in [6.07, 6.45) is 3.97. The van der Waals surface area contributed by atoms with Crippen LogP contribution >= 0.6 is 23.8 Å². The second-order valence-electron chi connectivity index (χ2n) is 5.36. The van der Waals surface area contributed by atoms with Crippen LogP contribution in [0.2, 0.25) is 5.02 Å². The average molecular weight is 358 g/mol. The van der Waals surface area contributed by atoms with Crippen molar-refractivity contribution in [1.29, 1.82) is 5.41 Å². The molecular weight excluding hydrogens is 341 g/mol. The first-order valence-corrected chi connectivity index (χ1v) is 7.94. The minimum Gasteiger partial charge on any atom is -0.489 e. The highest BCUT2D eigenvalue weighted by atomic mass is 35.5. The maximum absolute atomic E-state index is 14.3. The first-order valence-electron chi connectivity index (χ1n) is 7.16. The Bertz CT molecular complexity index is 662. The van der Waals surface area contributed by atoms with Crippen LogP contribution in [0.5, 0.6) is 5.75 Å². The Balaban J connectivity index is 2.41. The van der Waals surface area contributed by atoms with Crippen LogP contribution in [0.15, 0.2) is 12.1 Å². The highest BCUT2D eigenvalue weighted by Crippen LogP contribution is 2.35. The van der Waals surface area contributed by atoms with Crippen molar-refractivity contribution in [3.05, 3.63) is 23.0 Å². The molecule has 5 nitrogen and oxygen atoms in total. The van der Waals surface area contributed by atoms with E-state index in [0.29, 0.717) is 0 Å². The standard InChI is InChI=1S/C15H17ClFN3O2S/c1-8(18)14(21)20(15(19)23)12-7-13(10(16)6-11(12)17)22-9-4-2-3-5-9/h6-7,9,18H,2-5H2,1H3,(H2,19,23). The summed E-state index contributed by atoms with van der Waals surface area (Å²) in [6.45, 7) is 1.28. The summed E-state index contributed by atoms with van der Waals surface area (Å²) in [5, 5.41) is 7.19. The molecule has 2 rings (SSSR count). The molecule has 23 heavy (non-hydrogen) atoms. The topological polar surface area (TPSA) is 79.4 Å². The molecule has 8 heteroatoms. The van der Waals surface area contributed by atoms with E-state index in [1.54, 1.807) is 0 Å². The zero-order valence-corrected chi connectivity index (χ0v) is 14.1. The number of hydrogen-bond acceptors (Lipinski definition) is 4. The van der Waals surface area contributed by atoms with Crippen LogP contribution in [0, 0.1) is 11.2 Å². The van der Waals surface area contributed by atoms with Gasteiger partial charge in [0.05, 0.1) is 22.5 Å². The quantitative estimate of drug-likeness (QED) is 0.639. The number of nitrogens with two attached hydrogens (primary N) is 1. The highest BCUT2D eigenvalue weighted by Gasteiger charge is 2.26. The molecule has 0 spiro atoms. The maximum Gasteiger partial charge on any atom is 0.278 e. The summed E-state index contributed by atoms with van der Waals surface area (Å²) < 4.78 is 20.1. The molecule has 1 fully saturated rings. The van der Waals surface area contributed by atoms with Crippen molar-refractivity contribution in [3.63, 3.8) is 0 Å². The number of halogens is 2. The van der Waals surface area contributed by atoms with Crippen molar-refractivity contribution in [2.45, 2.75) is 38.7 Å². The normalized spacial score (nSPS) is 14.6. The van der Waals surface area contributed by atoms with E-state index in [1.807, 2.05) is 0 Å². The fourth-order valence-electron chi connectivity index (χ4n) is 2.46. The SMILES string of the molecule is CC(=N)C(=O)N(C(N)=S)c1cc(OC2CCCC2)c(Cl)cc1F. The molecule has 0 heterocycles. The van der Waals surface area contributed by atoms with E-state index >= 15 is 0 Å². The molecule has 0 atom stereocenters. The first-order chi connectivity index (χ1) is 10.8. The van der Waals surface area contributed by atoms with E-state index in [9.17, 15) is 9.18 Å². The summed E-state index contributed by atoms with van der Waals surface area (Å²) in [5.74, 6) is -1.30. The van der Waals surface area contributed by atoms with E-state index in [2.05, 4.69) is 0 Å². The molecule has 1 amide bonds. The van der Waals surface area contributed by atoms with Crippen LogP contribution in [0.25, 0.3) is 0 Å². The van der Waals surface area contributed by atoms with Crippen LogP contribution in [-0.4, -0.2) is 22.8 Å². The van der Waals surface area contributed by atoms with Crippen LogP contribution in [0.4, 0.5) is 10.1 Å². The van der Waals surface area contributed by atoms with E-state index in [4.69, 9.17) is 39.7 Å². The van der Waals surface area contributed by atoms with Gasteiger partial charge in [-0.15, -0.1) is 0 Å². The van der Waals surface area contributed by atoms with Gasteiger partial charge in [-0.25, -0.2) is 9.29 Å². The van der Waals surface area contributed by atoms with Crippen molar-refractivity contribution < 1.29 is 13.9 Å². The highest BCUT2D eigenvalue weighted by molar-refractivity contribution is 7.80. The van der Waals surface area contributed by atoms with E-state index < -0.39 is 11.7 Å². The lowest BCUT2D eigenvalue weighted by molar-refractivity contribution is -0.111. The smallest absolute Gasteiger partial charge is 0.278 e.